The first-order valence-electron chi connectivity index (χ1n) is 7.51. The molecule has 0 spiro atoms. The SMILES string of the molecule is COC(=O)c1cccc(N)c1NCCC1CCN(C)CC1. The number of anilines is 2. The maximum Gasteiger partial charge on any atom is 0.340 e. The van der Waals surface area contributed by atoms with Gasteiger partial charge in [-0.3, -0.25) is 0 Å². The van der Waals surface area contributed by atoms with Gasteiger partial charge >= 0.3 is 5.97 Å². The highest BCUT2D eigenvalue weighted by Crippen LogP contribution is 2.25. The van der Waals surface area contributed by atoms with Gasteiger partial charge in [-0.15, -0.1) is 0 Å². The second-order valence-electron chi connectivity index (χ2n) is 5.72. The highest BCUT2D eigenvalue weighted by molar-refractivity contribution is 5.98. The largest absolute Gasteiger partial charge is 0.465 e. The summed E-state index contributed by atoms with van der Waals surface area (Å²) in [6.07, 6.45) is 3.58. The van der Waals surface area contributed by atoms with Crippen LogP contribution in [0.5, 0.6) is 0 Å². The fourth-order valence-corrected chi connectivity index (χ4v) is 2.80. The quantitative estimate of drug-likeness (QED) is 0.643. The van der Waals surface area contributed by atoms with Crippen molar-refractivity contribution >= 4 is 17.3 Å². The molecular weight excluding hydrogens is 266 g/mol. The monoisotopic (exact) mass is 291 g/mol. The summed E-state index contributed by atoms with van der Waals surface area (Å²) < 4.78 is 4.80. The van der Waals surface area contributed by atoms with Crippen molar-refractivity contribution in [2.45, 2.75) is 19.3 Å². The first-order chi connectivity index (χ1) is 10.1. The molecule has 3 N–H and O–H groups in total. The Morgan fingerprint density at radius 3 is 2.81 bits per heavy atom. The summed E-state index contributed by atoms with van der Waals surface area (Å²) in [5.41, 5.74) is 7.75. The molecule has 1 aromatic carbocycles. The number of hydrogen-bond donors (Lipinski definition) is 2. The summed E-state index contributed by atoms with van der Waals surface area (Å²) in [5.74, 6) is 0.393. The third kappa shape index (κ3) is 4.11. The molecule has 1 aromatic rings. The third-order valence-electron chi connectivity index (χ3n) is 4.19. The number of esters is 1. The molecule has 5 heteroatoms. The minimum atomic E-state index is -0.357. The molecule has 1 heterocycles. The van der Waals surface area contributed by atoms with Crippen LogP contribution < -0.4 is 11.1 Å². The fraction of sp³-hybridized carbons (Fsp3) is 0.562. The van der Waals surface area contributed by atoms with Crippen LogP contribution in [-0.2, 0) is 4.74 Å². The summed E-state index contributed by atoms with van der Waals surface area (Å²) in [5, 5.41) is 3.32. The Bertz CT molecular complexity index is 482. The van der Waals surface area contributed by atoms with Crippen LogP contribution in [0.2, 0.25) is 0 Å². The number of likely N-dealkylation sites (tertiary alicyclic amines) is 1. The molecule has 0 aliphatic carbocycles. The van der Waals surface area contributed by atoms with Crippen molar-refractivity contribution in [2.75, 3.05) is 44.8 Å². The number of rotatable bonds is 5. The van der Waals surface area contributed by atoms with Gasteiger partial charge in [-0.2, -0.15) is 0 Å². The van der Waals surface area contributed by atoms with Gasteiger partial charge in [0.1, 0.15) is 0 Å². The van der Waals surface area contributed by atoms with Gasteiger partial charge in [0.25, 0.3) is 0 Å². The van der Waals surface area contributed by atoms with Crippen LogP contribution in [0.3, 0.4) is 0 Å². The lowest BCUT2D eigenvalue weighted by Gasteiger charge is -2.29. The molecule has 1 aliphatic rings. The van der Waals surface area contributed by atoms with Gasteiger partial charge in [0.15, 0.2) is 0 Å². The van der Waals surface area contributed by atoms with Crippen molar-refractivity contribution in [3.05, 3.63) is 23.8 Å². The zero-order valence-corrected chi connectivity index (χ0v) is 12.9. The van der Waals surface area contributed by atoms with E-state index < -0.39 is 0 Å². The Labute approximate surface area is 126 Å². The number of carbonyl (C=O) groups excluding carboxylic acids is 1. The lowest BCUT2D eigenvalue weighted by Crippen LogP contribution is -2.31. The number of nitrogen functional groups attached to an aromatic ring is 1. The number of hydrogen-bond acceptors (Lipinski definition) is 5. The van der Waals surface area contributed by atoms with Crippen molar-refractivity contribution in [1.82, 2.24) is 4.90 Å². The number of methoxy groups -OCH3 is 1. The Morgan fingerprint density at radius 2 is 2.14 bits per heavy atom. The average Bonchev–Trinajstić information content (AvgIpc) is 2.50. The summed E-state index contributed by atoms with van der Waals surface area (Å²) >= 11 is 0. The van der Waals surface area contributed by atoms with Gasteiger partial charge in [-0.25, -0.2) is 4.79 Å². The molecule has 5 nitrogen and oxygen atoms in total. The second-order valence-corrected chi connectivity index (χ2v) is 5.72. The number of benzene rings is 1. The molecular formula is C16H25N3O2. The zero-order chi connectivity index (χ0) is 15.2. The molecule has 1 aliphatic heterocycles. The first kappa shape index (κ1) is 15.6. The average molecular weight is 291 g/mol. The maximum atomic E-state index is 11.8. The number of nitrogens with two attached hydrogens (primary N) is 1. The molecule has 0 radical (unpaired) electrons. The topological polar surface area (TPSA) is 67.6 Å². The van der Waals surface area contributed by atoms with Crippen LogP contribution in [-0.4, -0.2) is 44.7 Å². The fourth-order valence-electron chi connectivity index (χ4n) is 2.80. The third-order valence-corrected chi connectivity index (χ3v) is 4.19. The van der Waals surface area contributed by atoms with E-state index in [0.29, 0.717) is 16.9 Å². The summed E-state index contributed by atoms with van der Waals surface area (Å²) in [7, 11) is 3.55. The van der Waals surface area contributed by atoms with Crippen molar-refractivity contribution in [2.24, 2.45) is 5.92 Å². The lowest BCUT2D eigenvalue weighted by atomic mass is 9.94. The Kier molecular flexibility index (Phi) is 5.44. The Morgan fingerprint density at radius 1 is 1.43 bits per heavy atom. The van der Waals surface area contributed by atoms with E-state index in [9.17, 15) is 4.79 Å². The van der Waals surface area contributed by atoms with Crippen molar-refractivity contribution in [1.29, 1.82) is 0 Å². The zero-order valence-electron chi connectivity index (χ0n) is 12.9. The Balaban J connectivity index is 1.92. The number of carbonyl (C=O) groups is 1. The van der Waals surface area contributed by atoms with Crippen LogP contribution in [0.25, 0.3) is 0 Å². The van der Waals surface area contributed by atoms with E-state index in [1.807, 2.05) is 0 Å². The maximum absolute atomic E-state index is 11.8. The van der Waals surface area contributed by atoms with Gasteiger partial charge in [-0.05, 0) is 57.5 Å². The molecule has 0 unspecified atom stereocenters. The number of nitrogens with zero attached hydrogens (tertiary/aromatic N) is 1. The summed E-state index contributed by atoms with van der Waals surface area (Å²) in [6, 6.07) is 5.30. The number of ether oxygens (including phenoxy) is 1. The van der Waals surface area contributed by atoms with Gasteiger partial charge < -0.3 is 20.7 Å². The number of nitrogens with one attached hydrogen (secondary N) is 1. The van der Waals surface area contributed by atoms with Crippen molar-refractivity contribution < 1.29 is 9.53 Å². The highest BCUT2D eigenvalue weighted by atomic mass is 16.5. The molecule has 0 aromatic heterocycles. The van der Waals surface area contributed by atoms with E-state index in [1.54, 1.807) is 18.2 Å². The predicted octanol–water partition coefficient (Wildman–Crippen LogP) is 2.20. The second kappa shape index (κ2) is 7.31. The predicted molar refractivity (Wildman–Crippen MR) is 85.5 cm³/mol. The normalized spacial score (nSPS) is 16.7. The molecule has 1 fully saturated rings. The molecule has 2 rings (SSSR count). The molecule has 0 atom stereocenters. The van der Waals surface area contributed by atoms with E-state index in [0.717, 1.165) is 18.9 Å². The van der Waals surface area contributed by atoms with E-state index >= 15 is 0 Å². The molecule has 116 valence electrons. The van der Waals surface area contributed by atoms with Crippen molar-refractivity contribution in [3.63, 3.8) is 0 Å². The van der Waals surface area contributed by atoms with Crippen LogP contribution in [0, 0.1) is 5.92 Å². The molecule has 21 heavy (non-hydrogen) atoms. The van der Waals surface area contributed by atoms with Gasteiger partial charge in [0.05, 0.1) is 24.0 Å². The van der Waals surface area contributed by atoms with E-state index in [2.05, 4.69) is 17.3 Å². The molecule has 0 bridgehead atoms. The van der Waals surface area contributed by atoms with E-state index in [4.69, 9.17) is 10.5 Å². The Hall–Kier alpha value is -1.75. The van der Waals surface area contributed by atoms with Gasteiger partial charge in [-0.1, -0.05) is 6.07 Å². The molecule has 0 saturated carbocycles. The minimum Gasteiger partial charge on any atom is -0.465 e. The van der Waals surface area contributed by atoms with E-state index in [1.165, 1.54) is 33.0 Å². The van der Waals surface area contributed by atoms with Crippen molar-refractivity contribution in [3.8, 4) is 0 Å². The smallest absolute Gasteiger partial charge is 0.340 e. The summed E-state index contributed by atoms with van der Waals surface area (Å²) in [6.45, 7) is 3.17. The number of para-hydroxylation sites is 1. The van der Waals surface area contributed by atoms with Crippen LogP contribution in [0.4, 0.5) is 11.4 Å². The van der Waals surface area contributed by atoms with Crippen LogP contribution >= 0.6 is 0 Å². The van der Waals surface area contributed by atoms with Gasteiger partial charge in [0, 0.05) is 6.54 Å². The van der Waals surface area contributed by atoms with Crippen LogP contribution in [0.1, 0.15) is 29.6 Å². The molecule has 1 saturated heterocycles. The standard InChI is InChI=1S/C16H25N3O2/c1-19-10-7-12(8-11-19)6-9-18-15-13(16(20)21-2)4-3-5-14(15)17/h3-5,12,18H,6-11,17H2,1-2H3. The lowest BCUT2D eigenvalue weighted by molar-refractivity contribution is 0.0602. The van der Waals surface area contributed by atoms with E-state index in [-0.39, 0.29) is 5.97 Å². The molecule has 0 amide bonds. The van der Waals surface area contributed by atoms with Gasteiger partial charge in [0.2, 0.25) is 0 Å². The summed E-state index contributed by atoms with van der Waals surface area (Å²) in [4.78, 5) is 14.1. The number of piperidine rings is 1. The minimum absolute atomic E-state index is 0.357. The van der Waals surface area contributed by atoms with Crippen LogP contribution in [0.15, 0.2) is 18.2 Å². The first-order valence-corrected chi connectivity index (χ1v) is 7.51. The highest BCUT2D eigenvalue weighted by Gasteiger charge is 2.17.